The van der Waals surface area contributed by atoms with E-state index in [1.165, 1.54) is 11.1 Å². The lowest BCUT2D eigenvalue weighted by atomic mass is 9.51. The minimum atomic E-state index is -0.232. The first-order chi connectivity index (χ1) is 15.8. The molecule has 3 aliphatic rings. The zero-order chi connectivity index (χ0) is 23.3. The number of aromatic hydroxyl groups is 1. The van der Waals surface area contributed by atoms with E-state index in [0.29, 0.717) is 35.3 Å². The average Bonchev–Trinajstić information content (AvgIpc) is 3.10. The fraction of sp³-hybridized carbons (Fsp3) is 0.571. The van der Waals surface area contributed by atoms with Crippen molar-refractivity contribution < 1.29 is 14.9 Å². The summed E-state index contributed by atoms with van der Waals surface area (Å²) in [6, 6.07) is 12.5. The number of nitrogens with zero attached hydrogens (tertiary/aromatic N) is 1. The lowest BCUT2D eigenvalue weighted by Crippen LogP contribution is -2.47. The van der Waals surface area contributed by atoms with Crippen molar-refractivity contribution in [3.05, 3.63) is 58.1 Å². The number of phenolic OH excluding ortho intramolecular Hbond substituents is 1. The van der Waals surface area contributed by atoms with Gasteiger partial charge in [-0.05, 0) is 110 Å². The van der Waals surface area contributed by atoms with Crippen molar-refractivity contribution in [3.63, 3.8) is 0 Å². The van der Waals surface area contributed by atoms with E-state index in [2.05, 4.69) is 42.2 Å². The molecule has 5 rings (SSSR count). The lowest BCUT2D eigenvalue weighted by Gasteiger charge is -2.54. The van der Waals surface area contributed by atoms with E-state index in [-0.39, 0.29) is 17.3 Å². The highest BCUT2D eigenvalue weighted by Crippen LogP contribution is 2.65. The number of ether oxygens (including phenoxy) is 1. The molecule has 33 heavy (non-hydrogen) atoms. The summed E-state index contributed by atoms with van der Waals surface area (Å²) >= 11 is 6.58. The standard InChI is InChI=1S/C28H36ClNO3/c1-28-16-22(17-4-6-18(7-5-17)33-15-14-30(2)3)26-19-10-12-24(31)27(29)20(19)8-9-21(26)23(28)11-13-25(28)32/h4-7,10,12,21-23,25-26,31-32H,8-9,11,13-16H2,1-3H3/t21-,22+,23-,25-,26+,28-/m0/s1. The molecule has 5 heteroatoms. The number of fused-ring (bicyclic) bond motifs is 5. The molecule has 0 radical (unpaired) electrons. The van der Waals surface area contributed by atoms with E-state index in [9.17, 15) is 10.2 Å². The summed E-state index contributed by atoms with van der Waals surface area (Å²) < 4.78 is 5.93. The summed E-state index contributed by atoms with van der Waals surface area (Å²) in [7, 11) is 4.09. The minimum absolute atomic E-state index is 0.0507. The molecule has 0 aromatic heterocycles. The van der Waals surface area contributed by atoms with Crippen molar-refractivity contribution in [1.29, 1.82) is 0 Å². The molecule has 0 aliphatic heterocycles. The minimum Gasteiger partial charge on any atom is -0.506 e. The Morgan fingerprint density at radius 1 is 1.09 bits per heavy atom. The van der Waals surface area contributed by atoms with Crippen LogP contribution in [0.1, 0.15) is 61.1 Å². The molecule has 3 aliphatic carbocycles. The van der Waals surface area contributed by atoms with E-state index in [1.807, 2.05) is 14.1 Å². The molecule has 2 saturated carbocycles. The predicted molar refractivity (Wildman–Crippen MR) is 132 cm³/mol. The summed E-state index contributed by atoms with van der Waals surface area (Å²) in [6.07, 6.45) is 4.71. The van der Waals surface area contributed by atoms with Gasteiger partial charge in [0.15, 0.2) is 0 Å². The van der Waals surface area contributed by atoms with Gasteiger partial charge < -0.3 is 19.8 Å². The summed E-state index contributed by atoms with van der Waals surface area (Å²) in [5.41, 5.74) is 3.67. The molecule has 2 aromatic rings. The molecule has 0 bridgehead atoms. The summed E-state index contributed by atoms with van der Waals surface area (Å²) in [5.74, 6) is 2.80. The van der Waals surface area contributed by atoms with Crippen molar-refractivity contribution in [2.45, 2.75) is 57.0 Å². The zero-order valence-corrected chi connectivity index (χ0v) is 20.7. The quantitative estimate of drug-likeness (QED) is 0.598. The molecule has 6 atom stereocenters. The van der Waals surface area contributed by atoms with E-state index in [1.54, 1.807) is 6.07 Å². The van der Waals surface area contributed by atoms with Crippen LogP contribution in [0.4, 0.5) is 0 Å². The van der Waals surface area contributed by atoms with Crippen LogP contribution in [0, 0.1) is 17.3 Å². The Labute approximate surface area is 202 Å². The number of aliphatic hydroxyl groups is 1. The number of likely N-dealkylation sites (N-methyl/N-ethyl adjacent to an activating group) is 1. The predicted octanol–water partition coefficient (Wildman–Crippen LogP) is 5.60. The zero-order valence-electron chi connectivity index (χ0n) is 19.9. The Hall–Kier alpha value is -1.75. The molecule has 0 saturated heterocycles. The van der Waals surface area contributed by atoms with Gasteiger partial charge in [-0.25, -0.2) is 0 Å². The largest absolute Gasteiger partial charge is 0.506 e. The summed E-state index contributed by atoms with van der Waals surface area (Å²) in [5, 5.41) is 21.8. The molecular weight excluding hydrogens is 434 g/mol. The number of benzene rings is 2. The maximum Gasteiger partial charge on any atom is 0.134 e. The molecule has 4 nitrogen and oxygen atoms in total. The molecule has 178 valence electrons. The normalized spacial score (nSPS) is 32.8. The fourth-order valence-corrected chi connectivity index (χ4v) is 7.46. The van der Waals surface area contributed by atoms with Crippen molar-refractivity contribution in [2.75, 3.05) is 27.2 Å². The average molecular weight is 470 g/mol. The number of halogens is 1. The first-order valence-electron chi connectivity index (χ1n) is 12.4. The van der Waals surface area contributed by atoms with Gasteiger partial charge in [-0.3, -0.25) is 0 Å². The van der Waals surface area contributed by atoms with E-state index < -0.39 is 0 Å². The van der Waals surface area contributed by atoms with Crippen LogP contribution in [0.5, 0.6) is 11.5 Å². The highest BCUT2D eigenvalue weighted by molar-refractivity contribution is 6.32. The van der Waals surface area contributed by atoms with Crippen LogP contribution in [-0.2, 0) is 6.42 Å². The second-order valence-electron chi connectivity index (χ2n) is 10.9. The number of hydrogen-bond acceptors (Lipinski definition) is 4. The van der Waals surface area contributed by atoms with E-state index in [4.69, 9.17) is 16.3 Å². The van der Waals surface area contributed by atoms with Gasteiger partial charge in [0, 0.05) is 6.54 Å². The SMILES string of the molecule is CN(C)CCOc1ccc([C@H]2C[C@]3(C)[C@@H](O)CC[C@H]3[C@@H]3CCc4c(ccc(O)c4Cl)[C@H]32)cc1. The number of hydrogen-bond donors (Lipinski definition) is 2. The highest BCUT2D eigenvalue weighted by atomic mass is 35.5. The number of phenols is 1. The van der Waals surface area contributed by atoms with Crippen molar-refractivity contribution in [2.24, 2.45) is 17.3 Å². The summed E-state index contributed by atoms with van der Waals surface area (Å²) in [4.78, 5) is 2.12. The lowest BCUT2D eigenvalue weighted by molar-refractivity contribution is -0.0322. The van der Waals surface area contributed by atoms with Crippen LogP contribution < -0.4 is 4.74 Å². The third kappa shape index (κ3) is 3.94. The first kappa shape index (κ1) is 23.0. The van der Waals surface area contributed by atoms with Gasteiger partial charge in [0.05, 0.1) is 11.1 Å². The Balaban J connectivity index is 1.51. The molecule has 2 N–H and O–H groups in total. The molecular formula is C28H36ClNO3. The maximum atomic E-state index is 11.0. The van der Waals surface area contributed by atoms with Crippen LogP contribution in [-0.4, -0.2) is 48.5 Å². The summed E-state index contributed by atoms with van der Waals surface area (Å²) in [6.45, 7) is 3.87. The van der Waals surface area contributed by atoms with Gasteiger partial charge in [0.2, 0.25) is 0 Å². The molecule has 2 aromatic carbocycles. The van der Waals surface area contributed by atoms with Crippen LogP contribution in [0.3, 0.4) is 0 Å². The van der Waals surface area contributed by atoms with E-state index in [0.717, 1.165) is 50.0 Å². The molecule has 0 amide bonds. The van der Waals surface area contributed by atoms with Crippen LogP contribution >= 0.6 is 11.6 Å². The van der Waals surface area contributed by atoms with Gasteiger partial charge in [0.1, 0.15) is 18.1 Å². The maximum absolute atomic E-state index is 11.0. The highest BCUT2D eigenvalue weighted by Gasteiger charge is 2.57. The smallest absolute Gasteiger partial charge is 0.134 e. The number of rotatable bonds is 5. The van der Waals surface area contributed by atoms with Crippen molar-refractivity contribution in [3.8, 4) is 11.5 Å². The van der Waals surface area contributed by atoms with Crippen molar-refractivity contribution in [1.82, 2.24) is 4.90 Å². The second-order valence-corrected chi connectivity index (χ2v) is 11.3. The van der Waals surface area contributed by atoms with Gasteiger partial charge in [0.25, 0.3) is 0 Å². The molecule has 0 heterocycles. The van der Waals surface area contributed by atoms with Crippen LogP contribution in [0.25, 0.3) is 0 Å². The van der Waals surface area contributed by atoms with Gasteiger partial charge in [-0.1, -0.05) is 36.7 Å². The number of aliphatic hydroxyl groups excluding tert-OH is 1. The Morgan fingerprint density at radius 2 is 1.85 bits per heavy atom. The Kier molecular flexibility index (Phi) is 6.13. The van der Waals surface area contributed by atoms with E-state index >= 15 is 0 Å². The Morgan fingerprint density at radius 3 is 2.58 bits per heavy atom. The van der Waals surface area contributed by atoms with Gasteiger partial charge in [-0.2, -0.15) is 0 Å². The monoisotopic (exact) mass is 469 g/mol. The third-order valence-corrected chi connectivity index (χ3v) is 9.31. The van der Waals surface area contributed by atoms with Crippen LogP contribution in [0.2, 0.25) is 5.02 Å². The van der Waals surface area contributed by atoms with Gasteiger partial charge >= 0.3 is 0 Å². The molecule has 2 fully saturated rings. The first-order valence-corrected chi connectivity index (χ1v) is 12.7. The molecule has 0 spiro atoms. The second kappa shape index (κ2) is 8.79. The fourth-order valence-electron chi connectivity index (χ4n) is 7.20. The molecule has 0 unspecified atom stereocenters. The Bertz CT molecular complexity index is 1010. The van der Waals surface area contributed by atoms with Crippen LogP contribution in [0.15, 0.2) is 36.4 Å². The van der Waals surface area contributed by atoms with Crippen molar-refractivity contribution >= 4 is 11.6 Å². The van der Waals surface area contributed by atoms with Gasteiger partial charge in [-0.15, -0.1) is 0 Å². The third-order valence-electron chi connectivity index (χ3n) is 8.89. The topological polar surface area (TPSA) is 52.9 Å².